The SMILES string of the molecule is COC(=O)C1C(=O)C2=C(CC1C)NC(C)=C(C(=O)OC1CCCC1)C2c1cccc(F)c1. The van der Waals surface area contributed by atoms with Crippen LogP contribution in [0.25, 0.3) is 0 Å². The van der Waals surface area contributed by atoms with Gasteiger partial charge in [-0.3, -0.25) is 9.59 Å². The molecule has 0 spiro atoms. The van der Waals surface area contributed by atoms with Crippen molar-refractivity contribution in [1.82, 2.24) is 5.32 Å². The number of ketones is 1. The van der Waals surface area contributed by atoms with E-state index in [1.54, 1.807) is 19.1 Å². The second-order valence-corrected chi connectivity index (χ2v) is 8.90. The number of hydrogen-bond acceptors (Lipinski definition) is 6. The lowest BCUT2D eigenvalue weighted by Crippen LogP contribution is -2.43. The molecule has 3 atom stereocenters. The molecule has 1 N–H and O–H groups in total. The van der Waals surface area contributed by atoms with Gasteiger partial charge in [0.05, 0.1) is 12.7 Å². The van der Waals surface area contributed by atoms with Crippen molar-refractivity contribution in [2.45, 2.75) is 58.0 Å². The molecular weight excluding hydrogens is 413 g/mol. The number of carbonyl (C=O) groups excluding carboxylic acids is 3. The molecule has 0 bridgehead atoms. The molecule has 0 saturated heterocycles. The maximum absolute atomic E-state index is 14.2. The van der Waals surface area contributed by atoms with Crippen molar-refractivity contribution in [3.63, 3.8) is 0 Å². The maximum Gasteiger partial charge on any atom is 0.337 e. The van der Waals surface area contributed by atoms with Crippen LogP contribution in [0.2, 0.25) is 0 Å². The highest BCUT2D eigenvalue weighted by atomic mass is 19.1. The summed E-state index contributed by atoms with van der Waals surface area (Å²) < 4.78 is 24.9. The van der Waals surface area contributed by atoms with Crippen molar-refractivity contribution in [2.75, 3.05) is 7.11 Å². The summed E-state index contributed by atoms with van der Waals surface area (Å²) in [4.78, 5) is 39.3. The molecule has 1 aromatic rings. The van der Waals surface area contributed by atoms with Gasteiger partial charge < -0.3 is 14.8 Å². The van der Waals surface area contributed by atoms with Crippen LogP contribution in [0, 0.1) is 17.7 Å². The topological polar surface area (TPSA) is 81.7 Å². The standard InChI is InChI=1S/C25H28FNO5/c1-13-11-18-22(23(28)19(13)24(29)31-3)21(15-7-6-8-16(26)12-15)20(14(2)27-18)25(30)32-17-9-4-5-10-17/h6-8,12-13,17,19,21,27H,4-5,9-11H2,1-3H3. The summed E-state index contributed by atoms with van der Waals surface area (Å²) in [6, 6.07) is 5.89. The van der Waals surface area contributed by atoms with Crippen molar-refractivity contribution in [1.29, 1.82) is 0 Å². The molecule has 1 aliphatic heterocycles. The van der Waals surface area contributed by atoms with Crippen LogP contribution in [-0.4, -0.2) is 30.9 Å². The van der Waals surface area contributed by atoms with Gasteiger partial charge in [-0.2, -0.15) is 0 Å². The van der Waals surface area contributed by atoms with Crippen molar-refractivity contribution < 1.29 is 28.2 Å². The van der Waals surface area contributed by atoms with Crippen LogP contribution in [-0.2, 0) is 23.9 Å². The lowest BCUT2D eigenvalue weighted by atomic mass is 9.69. The fraction of sp³-hybridized carbons (Fsp3) is 0.480. The Morgan fingerprint density at radius 1 is 1.19 bits per heavy atom. The Labute approximate surface area is 186 Å². The number of carbonyl (C=O) groups is 3. The molecule has 0 radical (unpaired) electrons. The largest absolute Gasteiger partial charge is 0.468 e. The summed E-state index contributed by atoms with van der Waals surface area (Å²) in [6.45, 7) is 3.59. The molecule has 3 unspecified atom stereocenters. The van der Waals surface area contributed by atoms with E-state index in [2.05, 4.69) is 5.32 Å². The fourth-order valence-electron chi connectivity index (χ4n) is 5.19. The summed E-state index contributed by atoms with van der Waals surface area (Å²) in [7, 11) is 1.25. The van der Waals surface area contributed by atoms with E-state index in [9.17, 15) is 18.8 Å². The quantitative estimate of drug-likeness (QED) is 0.563. The number of Topliss-reactive ketones (excluding diaryl/α,β-unsaturated/α-hetero) is 1. The van der Waals surface area contributed by atoms with Gasteiger partial charge in [0.1, 0.15) is 17.8 Å². The lowest BCUT2D eigenvalue weighted by molar-refractivity contribution is -0.151. The van der Waals surface area contributed by atoms with Gasteiger partial charge >= 0.3 is 11.9 Å². The number of allylic oxidation sites excluding steroid dienone is 3. The predicted molar refractivity (Wildman–Crippen MR) is 115 cm³/mol. The highest BCUT2D eigenvalue weighted by molar-refractivity contribution is 6.12. The van der Waals surface area contributed by atoms with Crippen molar-refractivity contribution >= 4 is 17.7 Å². The van der Waals surface area contributed by atoms with Gasteiger partial charge in [0.2, 0.25) is 0 Å². The predicted octanol–water partition coefficient (Wildman–Crippen LogP) is 3.92. The molecule has 6 nitrogen and oxygen atoms in total. The number of esters is 2. The van der Waals surface area contributed by atoms with E-state index in [4.69, 9.17) is 9.47 Å². The smallest absolute Gasteiger partial charge is 0.337 e. The van der Waals surface area contributed by atoms with Crippen LogP contribution in [0.15, 0.2) is 46.8 Å². The molecule has 1 fully saturated rings. The van der Waals surface area contributed by atoms with Gasteiger partial charge in [0, 0.05) is 22.9 Å². The Kier molecular flexibility index (Phi) is 6.17. The number of ether oxygens (including phenoxy) is 2. The van der Waals surface area contributed by atoms with Crippen LogP contribution in [0.3, 0.4) is 0 Å². The first kappa shape index (κ1) is 22.2. The highest BCUT2D eigenvalue weighted by Gasteiger charge is 2.47. The molecule has 7 heteroatoms. The van der Waals surface area contributed by atoms with Gasteiger partial charge in [0.25, 0.3) is 0 Å². The average Bonchev–Trinajstić information content (AvgIpc) is 3.25. The summed E-state index contributed by atoms with van der Waals surface area (Å²) in [6.07, 6.45) is 3.92. The molecule has 0 amide bonds. The summed E-state index contributed by atoms with van der Waals surface area (Å²) in [5.74, 6) is -4.03. The van der Waals surface area contributed by atoms with Crippen molar-refractivity contribution in [3.05, 3.63) is 58.2 Å². The van der Waals surface area contributed by atoms with Gasteiger partial charge in [-0.05, 0) is 62.6 Å². The minimum absolute atomic E-state index is 0.156. The van der Waals surface area contributed by atoms with Crippen molar-refractivity contribution in [3.8, 4) is 0 Å². The molecule has 1 saturated carbocycles. The van der Waals surface area contributed by atoms with Gasteiger partial charge in [-0.1, -0.05) is 19.1 Å². The minimum atomic E-state index is -0.970. The molecule has 32 heavy (non-hydrogen) atoms. The molecule has 4 rings (SSSR count). The van der Waals surface area contributed by atoms with Crippen LogP contribution >= 0.6 is 0 Å². The van der Waals surface area contributed by atoms with Crippen LogP contribution < -0.4 is 5.32 Å². The first-order valence-corrected chi connectivity index (χ1v) is 11.1. The maximum atomic E-state index is 14.2. The Hall–Kier alpha value is -2.96. The monoisotopic (exact) mass is 441 g/mol. The first-order valence-electron chi connectivity index (χ1n) is 11.1. The van der Waals surface area contributed by atoms with E-state index >= 15 is 0 Å². The number of rotatable bonds is 4. The first-order chi connectivity index (χ1) is 15.3. The molecule has 3 aliphatic rings. The van der Waals surface area contributed by atoms with Gasteiger partial charge in [-0.25, -0.2) is 9.18 Å². The van der Waals surface area contributed by atoms with Gasteiger partial charge in [0.15, 0.2) is 5.78 Å². The van der Waals surface area contributed by atoms with Crippen LogP contribution in [0.5, 0.6) is 0 Å². The zero-order valence-corrected chi connectivity index (χ0v) is 18.6. The third kappa shape index (κ3) is 3.96. The second-order valence-electron chi connectivity index (χ2n) is 8.90. The second kappa shape index (κ2) is 8.88. The Morgan fingerprint density at radius 3 is 2.56 bits per heavy atom. The van der Waals surface area contributed by atoms with Crippen molar-refractivity contribution in [2.24, 2.45) is 11.8 Å². The number of halogens is 1. The van der Waals surface area contributed by atoms with E-state index in [1.807, 2.05) is 6.92 Å². The third-order valence-corrected chi connectivity index (χ3v) is 6.72. The van der Waals surface area contributed by atoms with E-state index < -0.39 is 35.4 Å². The number of benzene rings is 1. The summed E-state index contributed by atoms with van der Waals surface area (Å²) in [5, 5.41) is 3.22. The molecule has 0 aromatic heterocycles. The Bertz CT molecular complexity index is 1020. The lowest BCUT2D eigenvalue weighted by Gasteiger charge is -2.38. The molecule has 2 aliphatic carbocycles. The van der Waals surface area contributed by atoms with Crippen LogP contribution in [0.1, 0.15) is 57.4 Å². The number of hydrogen-bond donors (Lipinski definition) is 1. The number of nitrogens with one attached hydrogen (secondary N) is 1. The molecule has 1 heterocycles. The minimum Gasteiger partial charge on any atom is -0.468 e. The summed E-state index contributed by atoms with van der Waals surface area (Å²) >= 11 is 0. The van der Waals surface area contributed by atoms with Gasteiger partial charge in [-0.15, -0.1) is 0 Å². The van der Waals surface area contributed by atoms with E-state index in [1.165, 1.54) is 19.2 Å². The average molecular weight is 441 g/mol. The molecular formula is C25H28FNO5. The summed E-state index contributed by atoms with van der Waals surface area (Å²) in [5.41, 5.74) is 2.31. The Balaban J connectivity index is 1.81. The van der Waals surface area contributed by atoms with E-state index in [0.29, 0.717) is 29.0 Å². The fourth-order valence-corrected chi connectivity index (χ4v) is 5.19. The third-order valence-electron chi connectivity index (χ3n) is 6.72. The van der Waals surface area contributed by atoms with Crippen LogP contribution in [0.4, 0.5) is 4.39 Å². The zero-order valence-electron chi connectivity index (χ0n) is 18.6. The molecule has 170 valence electrons. The Morgan fingerprint density at radius 2 is 1.91 bits per heavy atom. The van der Waals surface area contributed by atoms with E-state index in [0.717, 1.165) is 25.7 Å². The molecule has 1 aromatic carbocycles. The zero-order chi connectivity index (χ0) is 23.0. The number of methoxy groups -OCH3 is 1. The number of dihydropyridines is 1. The van der Waals surface area contributed by atoms with E-state index in [-0.39, 0.29) is 17.6 Å². The highest BCUT2D eigenvalue weighted by Crippen LogP contribution is 2.45. The normalized spacial score (nSPS) is 26.0.